The third-order valence-electron chi connectivity index (χ3n) is 3.32. The molecule has 0 unspecified atom stereocenters. The summed E-state index contributed by atoms with van der Waals surface area (Å²) in [7, 11) is 3.76. The maximum atomic E-state index is 5.01. The molecule has 2 rings (SSSR count). The van der Waals surface area contributed by atoms with Crippen LogP contribution in [0.15, 0.2) is 24.3 Å². The molecule has 20 heavy (non-hydrogen) atoms. The molecule has 0 aliphatic carbocycles. The predicted octanol–water partition coefficient (Wildman–Crippen LogP) is 1.61. The van der Waals surface area contributed by atoms with Crippen molar-refractivity contribution in [2.45, 2.75) is 6.92 Å². The first-order chi connectivity index (χ1) is 9.74. The molecule has 2 aromatic rings. The Hall–Kier alpha value is -1.72. The van der Waals surface area contributed by atoms with E-state index in [2.05, 4.69) is 32.5 Å². The highest BCUT2D eigenvalue weighted by atomic mass is 16.5. The first-order valence-electron chi connectivity index (χ1n) is 6.87. The van der Waals surface area contributed by atoms with E-state index in [1.165, 1.54) is 0 Å². The molecule has 0 atom stereocenters. The fourth-order valence-corrected chi connectivity index (χ4v) is 2.16. The van der Waals surface area contributed by atoms with Crippen molar-refractivity contribution in [3.05, 3.63) is 30.0 Å². The molecule has 1 aromatic heterocycles. The first kappa shape index (κ1) is 14.7. The standard InChI is InChI=1S/C15H22N4O/c1-12-13-6-4-5-7-14(13)15(18-17-12)19(2)10-8-16-9-11-20-3/h4-7,16H,8-11H2,1-3H3. The Morgan fingerprint density at radius 3 is 2.65 bits per heavy atom. The molecule has 0 fully saturated rings. The van der Waals surface area contributed by atoms with Crippen molar-refractivity contribution in [1.82, 2.24) is 15.5 Å². The summed E-state index contributed by atoms with van der Waals surface area (Å²) in [5.41, 5.74) is 0.968. The molecule has 0 radical (unpaired) electrons. The van der Waals surface area contributed by atoms with E-state index in [1.54, 1.807) is 7.11 Å². The molecular weight excluding hydrogens is 252 g/mol. The number of likely N-dealkylation sites (N-methyl/N-ethyl adjacent to an activating group) is 1. The summed E-state index contributed by atoms with van der Waals surface area (Å²) in [5, 5.41) is 14.2. The van der Waals surface area contributed by atoms with Crippen molar-refractivity contribution in [2.75, 3.05) is 45.3 Å². The molecule has 0 bridgehead atoms. The van der Waals surface area contributed by atoms with Crippen molar-refractivity contribution in [2.24, 2.45) is 0 Å². The number of fused-ring (bicyclic) bond motifs is 1. The van der Waals surface area contributed by atoms with Crippen LogP contribution >= 0.6 is 0 Å². The number of hydrogen-bond donors (Lipinski definition) is 1. The van der Waals surface area contributed by atoms with Crippen LogP contribution in [0.2, 0.25) is 0 Å². The first-order valence-corrected chi connectivity index (χ1v) is 6.87. The number of methoxy groups -OCH3 is 1. The fraction of sp³-hybridized carbons (Fsp3) is 0.467. The van der Waals surface area contributed by atoms with Gasteiger partial charge < -0.3 is 15.0 Å². The van der Waals surface area contributed by atoms with Gasteiger partial charge in [-0.05, 0) is 6.92 Å². The summed E-state index contributed by atoms with van der Waals surface area (Å²) in [6, 6.07) is 8.26. The summed E-state index contributed by atoms with van der Waals surface area (Å²) in [6.07, 6.45) is 0. The zero-order valence-corrected chi connectivity index (χ0v) is 12.4. The summed E-state index contributed by atoms with van der Waals surface area (Å²) in [6.45, 7) is 5.36. The summed E-state index contributed by atoms with van der Waals surface area (Å²) in [5.74, 6) is 0.930. The van der Waals surface area contributed by atoms with Crippen molar-refractivity contribution >= 4 is 16.6 Å². The van der Waals surface area contributed by atoms with E-state index in [4.69, 9.17) is 4.74 Å². The molecule has 0 amide bonds. The molecule has 108 valence electrons. The molecule has 5 nitrogen and oxygen atoms in total. The average molecular weight is 274 g/mol. The van der Waals surface area contributed by atoms with Gasteiger partial charge in [-0.25, -0.2) is 0 Å². The van der Waals surface area contributed by atoms with Gasteiger partial charge >= 0.3 is 0 Å². The Morgan fingerprint density at radius 2 is 1.90 bits per heavy atom. The van der Waals surface area contributed by atoms with Crippen LogP contribution in [0.4, 0.5) is 5.82 Å². The van der Waals surface area contributed by atoms with Crippen LogP contribution in [0, 0.1) is 6.92 Å². The second kappa shape index (κ2) is 7.17. The molecule has 5 heteroatoms. The minimum atomic E-state index is 0.733. The van der Waals surface area contributed by atoms with Gasteiger partial charge in [0.1, 0.15) is 0 Å². The summed E-state index contributed by atoms with van der Waals surface area (Å²) < 4.78 is 5.01. The molecule has 0 aliphatic rings. The predicted molar refractivity (Wildman–Crippen MR) is 82.3 cm³/mol. The molecule has 1 aromatic carbocycles. The van der Waals surface area contributed by atoms with E-state index in [1.807, 2.05) is 26.1 Å². The van der Waals surface area contributed by atoms with Crippen LogP contribution in [-0.2, 0) is 4.74 Å². The van der Waals surface area contributed by atoms with Gasteiger partial charge in [-0.1, -0.05) is 24.3 Å². The van der Waals surface area contributed by atoms with E-state index in [0.29, 0.717) is 0 Å². The SMILES string of the molecule is COCCNCCN(C)c1nnc(C)c2ccccc12. The van der Waals surface area contributed by atoms with E-state index in [9.17, 15) is 0 Å². The molecule has 0 saturated heterocycles. The third-order valence-corrected chi connectivity index (χ3v) is 3.32. The van der Waals surface area contributed by atoms with Gasteiger partial charge in [-0.15, -0.1) is 5.10 Å². The number of aromatic nitrogens is 2. The van der Waals surface area contributed by atoms with Gasteiger partial charge in [0.05, 0.1) is 12.3 Å². The monoisotopic (exact) mass is 274 g/mol. The normalized spacial score (nSPS) is 10.9. The van der Waals surface area contributed by atoms with Gasteiger partial charge in [-0.2, -0.15) is 5.10 Å². The Kier molecular flexibility index (Phi) is 5.26. The fourth-order valence-electron chi connectivity index (χ4n) is 2.16. The van der Waals surface area contributed by atoms with E-state index in [-0.39, 0.29) is 0 Å². The lowest BCUT2D eigenvalue weighted by Gasteiger charge is -2.20. The van der Waals surface area contributed by atoms with E-state index < -0.39 is 0 Å². The topological polar surface area (TPSA) is 50.3 Å². The van der Waals surface area contributed by atoms with Crippen LogP contribution in [0.25, 0.3) is 10.8 Å². The number of aryl methyl sites for hydroxylation is 1. The number of ether oxygens (including phenoxy) is 1. The lowest BCUT2D eigenvalue weighted by molar-refractivity contribution is 0.200. The van der Waals surface area contributed by atoms with Gasteiger partial charge in [0.2, 0.25) is 0 Å². The molecule has 0 spiro atoms. The highest BCUT2D eigenvalue weighted by molar-refractivity contribution is 5.93. The number of anilines is 1. The minimum Gasteiger partial charge on any atom is -0.383 e. The van der Waals surface area contributed by atoms with Gasteiger partial charge in [0.25, 0.3) is 0 Å². The van der Waals surface area contributed by atoms with Crippen molar-refractivity contribution in [3.63, 3.8) is 0 Å². The molecular formula is C15H22N4O. The molecule has 1 heterocycles. The number of nitrogens with zero attached hydrogens (tertiary/aromatic N) is 3. The number of benzene rings is 1. The maximum Gasteiger partial charge on any atom is 0.158 e. The van der Waals surface area contributed by atoms with Crippen LogP contribution < -0.4 is 10.2 Å². The number of rotatable bonds is 7. The lowest BCUT2D eigenvalue weighted by Crippen LogP contribution is -2.31. The molecule has 1 N–H and O–H groups in total. The van der Waals surface area contributed by atoms with E-state index >= 15 is 0 Å². The maximum absolute atomic E-state index is 5.01. The second-order valence-corrected chi connectivity index (χ2v) is 4.82. The molecule has 0 aliphatic heterocycles. The summed E-state index contributed by atoms with van der Waals surface area (Å²) >= 11 is 0. The Labute approximate surface area is 119 Å². The highest BCUT2D eigenvalue weighted by Crippen LogP contribution is 2.24. The number of nitrogens with one attached hydrogen (secondary N) is 1. The second-order valence-electron chi connectivity index (χ2n) is 4.82. The van der Waals surface area contributed by atoms with Crippen molar-refractivity contribution in [3.8, 4) is 0 Å². The van der Waals surface area contributed by atoms with Crippen LogP contribution in [-0.4, -0.2) is 50.6 Å². The average Bonchev–Trinajstić information content (AvgIpc) is 2.47. The lowest BCUT2D eigenvalue weighted by atomic mass is 10.1. The largest absolute Gasteiger partial charge is 0.383 e. The Bertz CT molecular complexity index is 559. The summed E-state index contributed by atoms with van der Waals surface area (Å²) in [4.78, 5) is 2.13. The van der Waals surface area contributed by atoms with Crippen LogP contribution in [0.5, 0.6) is 0 Å². The van der Waals surface area contributed by atoms with Crippen LogP contribution in [0.3, 0.4) is 0 Å². The number of hydrogen-bond acceptors (Lipinski definition) is 5. The quantitative estimate of drug-likeness (QED) is 0.777. The van der Waals surface area contributed by atoms with Crippen LogP contribution in [0.1, 0.15) is 5.69 Å². The van der Waals surface area contributed by atoms with Gasteiger partial charge in [0, 0.05) is 44.6 Å². The Balaban J connectivity index is 2.06. The van der Waals surface area contributed by atoms with Gasteiger partial charge in [-0.3, -0.25) is 0 Å². The zero-order valence-electron chi connectivity index (χ0n) is 12.4. The Morgan fingerprint density at radius 1 is 1.15 bits per heavy atom. The van der Waals surface area contributed by atoms with E-state index in [0.717, 1.165) is 48.5 Å². The minimum absolute atomic E-state index is 0.733. The van der Waals surface area contributed by atoms with Gasteiger partial charge in [0.15, 0.2) is 5.82 Å². The molecule has 0 saturated carbocycles. The third kappa shape index (κ3) is 3.43. The van der Waals surface area contributed by atoms with Crippen molar-refractivity contribution in [1.29, 1.82) is 0 Å². The highest BCUT2D eigenvalue weighted by Gasteiger charge is 2.09. The van der Waals surface area contributed by atoms with Crippen molar-refractivity contribution < 1.29 is 4.74 Å². The smallest absolute Gasteiger partial charge is 0.158 e. The zero-order chi connectivity index (χ0) is 14.4.